The summed E-state index contributed by atoms with van der Waals surface area (Å²) >= 11 is 3.40. The van der Waals surface area contributed by atoms with E-state index in [2.05, 4.69) is 20.9 Å². The van der Waals surface area contributed by atoms with Crippen LogP contribution in [0.3, 0.4) is 0 Å². The average molecular weight is 241 g/mol. The zero-order valence-corrected chi connectivity index (χ0v) is 8.74. The number of pyridine rings is 1. The molecule has 0 saturated heterocycles. The molecule has 0 unspecified atom stereocenters. The standard InChI is InChI=1S/C9H9BrN2O/c1-6-2-7(10)3-12-4-8(5-13)11-9(6)12/h2-4,13H,5H2,1H3. The van der Waals surface area contributed by atoms with Crippen LogP contribution in [0.5, 0.6) is 0 Å². The first-order valence-electron chi connectivity index (χ1n) is 3.95. The van der Waals surface area contributed by atoms with Crippen LogP contribution < -0.4 is 0 Å². The van der Waals surface area contributed by atoms with Crippen LogP contribution >= 0.6 is 15.9 Å². The molecule has 1 N–H and O–H groups in total. The molecule has 0 spiro atoms. The van der Waals surface area contributed by atoms with Crippen molar-refractivity contribution in [2.45, 2.75) is 13.5 Å². The van der Waals surface area contributed by atoms with Gasteiger partial charge in [-0.3, -0.25) is 0 Å². The minimum absolute atomic E-state index is 0.0151. The van der Waals surface area contributed by atoms with Crippen molar-refractivity contribution in [3.8, 4) is 0 Å². The Morgan fingerprint density at radius 1 is 1.54 bits per heavy atom. The highest BCUT2D eigenvalue weighted by Gasteiger charge is 2.03. The van der Waals surface area contributed by atoms with Crippen molar-refractivity contribution in [2.75, 3.05) is 0 Å². The van der Waals surface area contributed by atoms with Gasteiger partial charge in [0, 0.05) is 16.9 Å². The van der Waals surface area contributed by atoms with E-state index in [1.54, 1.807) is 0 Å². The van der Waals surface area contributed by atoms with E-state index in [-0.39, 0.29) is 6.61 Å². The van der Waals surface area contributed by atoms with Gasteiger partial charge in [0.1, 0.15) is 5.65 Å². The maximum absolute atomic E-state index is 8.91. The van der Waals surface area contributed by atoms with Gasteiger partial charge in [-0.2, -0.15) is 0 Å². The summed E-state index contributed by atoms with van der Waals surface area (Å²) in [4.78, 5) is 4.26. The smallest absolute Gasteiger partial charge is 0.140 e. The number of nitrogens with zero attached hydrogens (tertiary/aromatic N) is 2. The molecule has 4 heteroatoms. The van der Waals surface area contributed by atoms with Gasteiger partial charge < -0.3 is 9.51 Å². The molecular weight excluding hydrogens is 232 g/mol. The van der Waals surface area contributed by atoms with Crippen LogP contribution in [0.4, 0.5) is 0 Å². The molecule has 2 aromatic heterocycles. The Hall–Kier alpha value is -0.870. The number of aliphatic hydroxyl groups excluding tert-OH is 1. The number of hydrogen-bond acceptors (Lipinski definition) is 2. The van der Waals surface area contributed by atoms with E-state index in [1.807, 2.05) is 29.8 Å². The van der Waals surface area contributed by atoms with Crippen LogP contribution in [-0.4, -0.2) is 14.5 Å². The van der Waals surface area contributed by atoms with Crippen molar-refractivity contribution in [1.29, 1.82) is 0 Å². The Morgan fingerprint density at radius 2 is 2.31 bits per heavy atom. The van der Waals surface area contributed by atoms with Crippen LogP contribution in [0.15, 0.2) is 22.9 Å². The molecule has 2 heterocycles. The largest absolute Gasteiger partial charge is 0.390 e. The van der Waals surface area contributed by atoms with Crippen LogP contribution in [0.1, 0.15) is 11.3 Å². The molecule has 3 nitrogen and oxygen atoms in total. The highest BCUT2D eigenvalue weighted by Crippen LogP contribution is 2.16. The molecule has 0 aliphatic carbocycles. The maximum atomic E-state index is 8.91. The lowest BCUT2D eigenvalue weighted by molar-refractivity contribution is 0.277. The molecule has 0 fully saturated rings. The second-order valence-corrected chi connectivity index (χ2v) is 3.88. The molecule has 0 aromatic carbocycles. The third kappa shape index (κ3) is 1.47. The van der Waals surface area contributed by atoms with Crippen LogP contribution in [0.25, 0.3) is 5.65 Å². The Morgan fingerprint density at radius 3 is 3.00 bits per heavy atom. The summed E-state index contributed by atoms with van der Waals surface area (Å²) in [5.41, 5.74) is 2.68. The number of hydrogen-bond donors (Lipinski definition) is 1. The first-order chi connectivity index (χ1) is 6.20. The van der Waals surface area contributed by atoms with E-state index in [1.165, 1.54) is 0 Å². The Balaban J connectivity index is 2.75. The summed E-state index contributed by atoms with van der Waals surface area (Å²) in [6, 6.07) is 2.00. The van der Waals surface area contributed by atoms with Crippen LogP contribution in [-0.2, 0) is 6.61 Å². The minimum atomic E-state index is -0.0151. The van der Waals surface area contributed by atoms with Gasteiger partial charge >= 0.3 is 0 Å². The second kappa shape index (κ2) is 3.12. The first kappa shape index (κ1) is 8.72. The molecule has 2 rings (SSSR count). The van der Waals surface area contributed by atoms with Gasteiger partial charge in [-0.15, -0.1) is 0 Å². The van der Waals surface area contributed by atoms with E-state index in [4.69, 9.17) is 5.11 Å². The fourth-order valence-corrected chi connectivity index (χ4v) is 1.92. The second-order valence-electron chi connectivity index (χ2n) is 2.96. The summed E-state index contributed by atoms with van der Waals surface area (Å²) in [7, 11) is 0. The number of aryl methyl sites for hydroxylation is 1. The van der Waals surface area contributed by atoms with Crippen LogP contribution in [0, 0.1) is 6.92 Å². The lowest BCUT2D eigenvalue weighted by Gasteiger charge is -1.97. The molecule has 0 radical (unpaired) electrons. The third-order valence-corrected chi connectivity index (χ3v) is 2.35. The highest BCUT2D eigenvalue weighted by molar-refractivity contribution is 9.10. The summed E-state index contributed by atoms with van der Waals surface area (Å²) in [5, 5.41) is 8.91. The molecule has 13 heavy (non-hydrogen) atoms. The van der Waals surface area contributed by atoms with Gasteiger partial charge in [0.15, 0.2) is 0 Å². The number of fused-ring (bicyclic) bond motifs is 1. The molecule has 0 amide bonds. The van der Waals surface area contributed by atoms with Crippen molar-refractivity contribution in [1.82, 2.24) is 9.38 Å². The molecule has 0 saturated carbocycles. The Labute approximate surface area is 84.2 Å². The minimum Gasteiger partial charge on any atom is -0.390 e. The SMILES string of the molecule is Cc1cc(Br)cn2cc(CO)nc12. The molecule has 68 valence electrons. The van der Waals surface area contributed by atoms with Gasteiger partial charge in [-0.25, -0.2) is 4.98 Å². The molecule has 2 aromatic rings. The van der Waals surface area contributed by atoms with E-state index in [0.29, 0.717) is 5.69 Å². The summed E-state index contributed by atoms with van der Waals surface area (Å²) in [5.74, 6) is 0. The normalized spacial score (nSPS) is 11.0. The number of aliphatic hydroxyl groups is 1. The zero-order valence-electron chi connectivity index (χ0n) is 7.16. The van der Waals surface area contributed by atoms with Crippen molar-refractivity contribution in [2.24, 2.45) is 0 Å². The molecule has 0 aliphatic heterocycles. The first-order valence-corrected chi connectivity index (χ1v) is 4.74. The van der Waals surface area contributed by atoms with Crippen molar-refractivity contribution in [3.05, 3.63) is 34.2 Å². The molecular formula is C9H9BrN2O. The van der Waals surface area contributed by atoms with Crippen molar-refractivity contribution in [3.63, 3.8) is 0 Å². The molecule has 0 atom stereocenters. The number of rotatable bonds is 1. The number of imidazole rings is 1. The average Bonchev–Trinajstić information content (AvgIpc) is 2.47. The monoisotopic (exact) mass is 240 g/mol. The predicted octanol–water partition coefficient (Wildman–Crippen LogP) is 1.90. The molecule has 0 bridgehead atoms. The summed E-state index contributed by atoms with van der Waals surface area (Å²) < 4.78 is 2.92. The fourth-order valence-electron chi connectivity index (χ4n) is 1.35. The fraction of sp³-hybridized carbons (Fsp3) is 0.222. The van der Waals surface area contributed by atoms with Crippen molar-refractivity contribution >= 4 is 21.6 Å². The molecule has 0 aliphatic rings. The lowest BCUT2D eigenvalue weighted by atomic mass is 10.3. The summed E-state index contributed by atoms with van der Waals surface area (Å²) in [6.45, 7) is 1.98. The van der Waals surface area contributed by atoms with Gasteiger partial charge in [-0.1, -0.05) is 0 Å². The lowest BCUT2D eigenvalue weighted by Crippen LogP contribution is -1.86. The van der Waals surface area contributed by atoms with E-state index in [9.17, 15) is 0 Å². The Kier molecular flexibility index (Phi) is 2.09. The van der Waals surface area contributed by atoms with Crippen LogP contribution in [0.2, 0.25) is 0 Å². The van der Waals surface area contributed by atoms with Gasteiger partial charge in [0.25, 0.3) is 0 Å². The Bertz CT molecular complexity index is 450. The number of halogens is 1. The third-order valence-electron chi connectivity index (χ3n) is 1.91. The van der Waals surface area contributed by atoms with Gasteiger partial charge in [0.2, 0.25) is 0 Å². The van der Waals surface area contributed by atoms with E-state index >= 15 is 0 Å². The van der Waals surface area contributed by atoms with E-state index < -0.39 is 0 Å². The maximum Gasteiger partial charge on any atom is 0.140 e. The van der Waals surface area contributed by atoms with Gasteiger partial charge in [0.05, 0.1) is 12.3 Å². The van der Waals surface area contributed by atoms with Gasteiger partial charge in [-0.05, 0) is 34.5 Å². The quantitative estimate of drug-likeness (QED) is 0.827. The number of aromatic nitrogens is 2. The topological polar surface area (TPSA) is 37.5 Å². The highest BCUT2D eigenvalue weighted by atomic mass is 79.9. The zero-order chi connectivity index (χ0) is 9.42. The van der Waals surface area contributed by atoms with Crippen molar-refractivity contribution < 1.29 is 5.11 Å². The van der Waals surface area contributed by atoms with E-state index in [0.717, 1.165) is 15.7 Å². The summed E-state index contributed by atoms with van der Waals surface area (Å²) in [6.07, 6.45) is 3.75. The predicted molar refractivity (Wildman–Crippen MR) is 53.6 cm³/mol.